The van der Waals surface area contributed by atoms with Gasteiger partial charge in [0.25, 0.3) is 0 Å². The van der Waals surface area contributed by atoms with Crippen LogP contribution in [0.2, 0.25) is 0 Å². The highest BCUT2D eigenvalue weighted by Gasteiger charge is 2.31. The second-order valence-corrected chi connectivity index (χ2v) is 7.22. The normalized spacial score (nSPS) is 13.3. The molecule has 0 aliphatic carbocycles. The molecule has 0 heterocycles. The molecule has 0 aromatic heterocycles. The third kappa shape index (κ3) is 4.85. The molecule has 1 rings (SSSR count). The molecular formula is C18H26N2O2. The van der Waals surface area contributed by atoms with Crippen LogP contribution in [0.1, 0.15) is 52.2 Å². The zero-order valence-electron chi connectivity index (χ0n) is 14.1. The lowest BCUT2D eigenvalue weighted by Crippen LogP contribution is -2.44. The molecule has 0 bridgehead atoms. The van der Waals surface area contributed by atoms with Crippen molar-refractivity contribution in [3.05, 3.63) is 35.4 Å². The van der Waals surface area contributed by atoms with E-state index in [0.717, 1.165) is 5.56 Å². The lowest BCUT2D eigenvalue weighted by atomic mass is 9.82. The number of benzene rings is 1. The van der Waals surface area contributed by atoms with Crippen LogP contribution in [0.5, 0.6) is 0 Å². The summed E-state index contributed by atoms with van der Waals surface area (Å²) in [6.45, 7) is 9.98. The van der Waals surface area contributed by atoms with Crippen LogP contribution in [0.25, 0.3) is 0 Å². The average Bonchev–Trinajstić information content (AvgIpc) is 2.43. The number of nitrogens with one attached hydrogen (secondary N) is 1. The highest BCUT2D eigenvalue weighted by molar-refractivity contribution is 5.87. The van der Waals surface area contributed by atoms with E-state index in [1.807, 2.05) is 33.8 Å². The van der Waals surface area contributed by atoms with Gasteiger partial charge in [0.1, 0.15) is 0 Å². The number of aliphatic hydroxyl groups excluding tert-OH is 1. The van der Waals surface area contributed by atoms with Crippen LogP contribution in [-0.2, 0) is 10.2 Å². The van der Waals surface area contributed by atoms with Crippen LogP contribution < -0.4 is 5.32 Å². The Labute approximate surface area is 133 Å². The molecule has 4 heteroatoms. The van der Waals surface area contributed by atoms with Crippen molar-refractivity contribution < 1.29 is 9.90 Å². The predicted molar refractivity (Wildman–Crippen MR) is 87.3 cm³/mol. The van der Waals surface area contributed by atoms with Crippen molar-refractivity contribution in [1.29, 1.82) is 5.26 Å². The van der Waals surface area contributed by atoms with E-state index < -0.39 is 11.5 Å². The summed E-state index contributed by atoms with van der Waals surface area (Å²) in [4.78, 5) is 12.5. The van der Waals surface area contributed by atoms with Crippen molar-refractivity contribution in [1.82, 2.24) is 5.32 Å². The molecular weight excluding hydrogens is 276 g/mol. The number of hydrogen-bond donors (Lipinski definition) is 2. The summed E-state index contributed by atoms with van der Waals surface area (Å²) in [6, 6.07) is 9.23. The molecule has 0 spiro atoms. The van der Waals surface area contributed by atoms with E-state index in [1.165, 1.54) is 0 Å². The highest BCUT2D eigenvalue weighted by atomic mass is 16.3. The topological polar surface area (TPSA) is 73.1 Å². The monoisotopic (exact) mass is 302 g/mol. The van der Waals surface area contributed by atoms with Gasteiger partial charge in [-0.05, 0) is 50.3 Å². The van der Waals surface area contributed by atoms with Crippen molar-refractivity contribution in [3.8, 4) is 6.07 Å². The molecule has 4 nitrogen and oxygen atoms in total. The summed E-state index contributed by atoms with van der Waals surface area (Å²) in [6.07, 6.45) is 0.227. The van der Waals surface area contributed by atoms with Crippen molar-refractivity contribution >= 4 is 5.91 Å². The molecule has 0 unspecified atom stereocenters. The van der Waals surface area contributed by atoms with E-state index in [2.05, 4.69) is 11.4 Å². The van der Waals surface area contributed by atoms with Crippen LogP contribution >= 0.6 is 0 Å². The van der Waals surface area contributed by atoms with Gasteiger partial charge in [0.2, 0.25) is 5.91 Å². The maximum Gasteiger partial charge on any atom is 0.230 e. The lowest BCUT2D eigenvalue weighted by Gasteiger charge is -2.30. The van der Waals surface area contributed by atoms with Gasteiger partial charge < -0.3 is 10.4 Å². The molecule has 1 aromatic carbocycles. The van der Waals surface area contributed by atoms with Gasteiger partial charge in [-0.3, -0.25) is 4.79 Å². The summed E-state index contributed by atoms with van der Waals surface area (Å²) in [5, 5.41) is 21.5. The SMILES string of the molecule is C[C@@H](O)CC(C)(C)CNC(=O)C(C)(C)c1cccc(C#N)c1. The molecule has 2 N–H and O–H groups in total. The van der Waals surface area contributed by atoms with Gasteiger partial charge in [-0.25, -0.2) is 0 Å². The molecule has 0 saturated heterocycles. The standard InChI is InChI=1S/C18H26N2O2/c1-13(21)10-17(2,3)12-20-16(22)18(4,5)15-8-6-7-14(9-15)11-19/h6-9,13,21H,10,12H2,1-5H3,(H,20,22)/t13-/m1/s1. The predicted octanol–water partition coefficient (Wildman–Crippen LogP) is 2.75. The Kier molecular flexibility index (Phi) is 5.73. The largest absolute Gasteiger partial charge is 0.393 e. The second-order valence-electron chi connectivity index (χ2n) is 7.22. The first-order chi connectivity index (χ1) is 10.1. The number of nitriles is 1. The number of rotatable bonds is 6. The van der Waals surface area contributed by atoms with E-state index in [0.29, 0.717) is 18.5 Å². The maximum absolute atomic E-state index is 12.5. The summed E-state index contributed by atoms with van der Waals surface area (Å²) in [7, 11) is 0. The fourth-order valence-electron chi connectivity index (χ4n) is 2.52. The Morgan fingerprint density at radius 3 is 2.55 bits per heavy atom. The Morgan fingerprint density at radius 2 is 2.00 bits per heavy atom. The number of carbonyl (C=O) groups is 1. The number of aliphatic hydroxyl groups is 1. The van der Waals surface area contributed by atoms with E-state index >= 15 is 0 Å². The van der Waals surface area contributed by atoms with Crippen molar-refractivity contribution in [3.63, 3.8) is 0 Å². The minimum atomic E-state index is -0.715. The van der Waals surface area contributed by atoms with Crippen LogP contribution in [0.3, 0.4) is 0 Å². The van der Waals surface area contributed by atoms with Crippen molar-refractivity contribution in [2.45, 2.75) is 52.6 Å². The van der Waals surface area contributed by atoms with Crippen LogP contribution in [0, 0.1) is 16.7 Å². The van der Waals surface area contributed by atoms with Crippen molar-refractivity contribution in [2.24, 2.45) is 5.41 Å². The molecule has 0 aliphatic rings. The fraction of sp³-hybridized carbons (Fsp3) is 0.556. The van der Waals surface area contributed by atoms with E-state index in [-0.39, 0.29) is 11.3 Å². The van der Waals surface area contributed by atoms with Gasteiger partial charge in [0.05, 0.1) is 23.2 Å². The van der Waals surface area contributed by atoms with Gasteiger partial charge in [-0.2, -0.15) is 5.26 Å². The smallest absolute Gasteiger partial charge is 0.230 e. The minimum absolute atomic E-state index is 0.0822. The zero-order valence-corrected chi connectivity index (χ0v) is 14.1. The Balaban J connectivity index is 2.81. The average molecular weight is 302 g/mol. The van der Waals surface area contributed by atoms with Gasteiger partial charge in [0, 0.05) is 6.54 Å². The fourth-order valence-corrected chi connectivity index (χ4v) is 2.52. The molecule has 1 atom stereocenters. The third-order valence-electron chi connectivity index (χ3n) is 3.86. The molecule has 0 radical (unpaired) electrons. The van der Waals surface area contributed by atoms with E-state index in [9.17, 15) is 9.90 Å². The number of carbonyl (C=O) groups excluding carboxylic acids is 1. The molecule has 0 fully saturated rings. The number of amides is 1. The first-order valence-electron chi connectivity index (χ1n) is 7.55. The van der Waals surface area contributed by atoms with Crippen molar-refractivity contribution in [2.75, 3.05) is 6.54 Å². The first kappa shape index (κ1) is 18.2. The molecule has 1 amide bonds. The van der Waals surface area contributed by atoms with Gasteiger partial charge in [-0.1, -0.05) is 26.0 Å². The first-order valence-corrected chi connectivity index (χ1v) is 7.55. The third-order valence-corrected chi connectivity index (χ3v) is 3.86. The van der Waals surface area contributed by atoms with Crippen LogP contribution in [0.15, 0.2) is 24.3 Å². The summed E-state index contributed by atoms with van der Waals surface area (Å²) >= 11 is 0. The molecule has 120 valence electrons. The van der Waals surface area contributed by atoms with Gasteiger partial charge in [-0.15, -0.1) is 0 Å². The van der Waals surface area contributed by atoms with Gasteiger partial charge >= 0.3 is 0 Å². The Morgan fingerprint density at radius 1 is 1.36 bits per heavy atom. The number of hydrogen-bond acceptors (Lipinski definition) is 3. The Bertz CT molecular complexity index is 569. The molecule has 0 saturated carbocycles. The minimum Gasteiger partial charge on any atom is -0.393 e. The van der Waals surface area contributed by atoms with Crippen LogP contribution in [-0.4, -0.2) is 23.7 Å². The second kappa shape index (κ2) is 6.93. The lowest BCUT2D eigenvalue weighted by molar-refractivity contribution is -0.126. The Hall–Kier alpha value is -1.86. The maximum atomic E-state index is 12.5. The highest BCUT2D eigenvalue weighted by Crippen LogP contribution is 2.26. The van der Waals surface area contributed by atoms with E-state index in [4.69, 9.17) is 5.26 Å². The molecule has 1 aromatic rings. The molecule has 0 aliphatic heterocycles. The number of nitrogens with zero attached hydrogens (tertiary/aromatic N) is 1. The quantitative estimate of drug-likeness (QED) is 0.848. The van der Waals surface area contributed by atoms with E-state index in [1.54, 1.807) is 25.1 Å². The summed E-state index contributed by atoms with van der Waals surface area (Å²) in [5.74, 6) is -0.0822. The van der Waals surface area contributed by atoms with Crippen LogP contribution in [0.4, 0.5) is 0 Å². The summed E-state index contributed by atoms with van der Waals surface area (Å²) < 4.78 is 0. The molecule has 22 heavy (non-hydrogen) atoms. The van der Waals surface area contributed by atoms with Gasteiger partial charge in [0.15, 0.2) is 0 Å². The zero-order chi connectivity index (χ0) is 17.0. The summed E-state index contributed by atoms with van der Waals surface area (Å²) in [5.41, 5.74) is 0.479.